The Labute approximate surface area is 67.3 Å². The minimum atomic E-state index is 0.351. The van der Waals surface area contributed by atoms with Crippen molar-refractivity contribution in [2.24, 2.45) is 5.11 Å². The summed E-state index contributed by atoms with van der Waals surface area (Å²) >= 11 is 0. The highest BCUT2D eigenvalue weighted by Crippen LogP contribution is 2.23. The van der Waals surface area contributed by atoms with Gasteiger partial charge in [0.25, 0.3) is 0 Å². The Kier molecular flexibility index (Phi) is 1.43. The van der Waals surface area contributed by atoms with Gasteiger partial charge in [0.05, 0.1) is 6.26 Å². The van der Waals surface area contributed by atoms with Crippen LogP contribution < -0.4 is 0 Å². The minimum absolute atomic E-state index is 0.351. The van der Waals surface area contributed by atoms with Gasteiger partial charge in [0.2, 0.25) is 0 Å². The molecule has 2 rings (SSSR count). The second-order valence-corrected chi connectivity index (χ2v) is 2.16. The van der Waals surface area contributed by atoms with E-state index in [1.807, 2.05) is 0 Å². The first-order valence-corrected chi connectivity index (χ1v) is 3.29. The SMILES string of the molecule is [N-]=[N+]=Nc1nccc2occc12. The van der Waals surface area contributed by atoms with Crippen LogP contribution in [0.2, 0.25) is 0 Å². The molecule has 0 unspecified atom stereocenters. The third kappa shape index (κ3) is 0.889. The van der Waals surface area contributed by atoms with Crippen molar-refractivity contribution in [2.75, 3.05) is 0 Å². The quantitative estimate of drug-likeness (QED) is 0.365. The smallest absolute Gasteiger partial charge is 0.137 e. The lowest BCUT2D eigenvalue weighted by atomic mass is 10.3. The van der Waals surface area contributed by atoms with E-state index < -0.39 is 0 Å². The second kappa shape index (κ2) is 2.56. The molecule has 0 fully saturated rings. The first kappa shape index (κ1) is 6.69. The maximum Gasteiger partial charge on any atom is 0.137 e. The summed E-state index contributed by atoms with van der Waals surface area (Å²) in [6.07, 6.45) is 3.07. The molecule has 2 aromatic heterocycles. The number of nitrogens with zero attached hydrogens (tertiary/aromatic N) is 4. The van der Waals surface area contributed by atoms with Crippen molar-refractivity contribution in [2.45, 2.75) is 0 Å². The topological polar surface area (TPSA) is 74.8 Å². The van der Waals surface area contributed by atoms with Crippen molar-refractivity contribution >= 4 is 16.8 Å². The zero-order valence-electron chi connectivity index (χ0n) is 6.01. The van der Waals surface area contributed by atoms with Crippen LogP contribution in [0.1, 0.15) is 0 Å². The van der Waals surface area contributed by atoms with Gasteiger partial charge >= 0.3 is 0 Å². The first-order valence-electron chi connectivity index (χ1n) is 3.29. The summed E-state index contributed by atoms with van der Waals surface area (Å²) in [4.78, 5) is 6.54. The highest BCUT2D eigenvalue weighted by atomic mass is 16.3. The standard InChI is InChI=1S/C7H4N4O/c8-11-10-7-5-2-4-12-6(5)1-3-9-7/h1-4H. The molecule has 0 amide bonds. The van der Waals surface area contributed by atoms with Crippen molar-refractivity contribution < 1.29 is 4.42 Å². The molecule has 0 atom stereocenters. The van der Waals surface area contributed by atoms with Gasteiger partial charge in [-0.15, -0.1) is 0 Å². The van der Waals surface area contributed by atoms with Crippen molar-refractivity contribution in [1.29, 1.82) is 0 Å². The molecule has 0 aromatic carbocycles. The van der Waals surface area contributed by atoms with E-state index in [1.54, 1.807) is 12.1 Å². The number of rotatable bonds is 1. The zero-order valence-corrected chi connectivity index (χ0v) is 6.01. The van der Waals surface area contributed by atoms with Crippen LogP contribution in [0.25, 0.3) is 21.4 Å². The highest BCUT2D eigenvalue weighted by Gasteiger charge is 2.00. The third-order valence-electron chi connectivity index (χ3n) is 1.50. The van der Waals surface area contributed by atoms with Crippen LogP contribution in [0.15, 0.2) is 34.1 Å². The Bertz CT molecular complexity index is 455. The first-order chi connectivity index (χ1) is 5.92. The third-order valence-corrected chi connectivity index (χ3v) is 1.50. The van der Waals surface area contributed by atoms with Gasteiger partial charge in [0, 0.05) is 16.5 Å². The fraction of sp³-hybridized carbons (Fsp3) is 0. The van der Waals surface area contributed by atoms with Gasteiger partial charge in [-0.05, 0) is 22.8 Å². The largest absolute Gasteiger partial charge is 0.464 e. The average molecular weight is 160 g/mol. The van der Waals surface area contributed by atoms with Crippen molar-refractivity contribution in [1.82, 2.24) is 4.98 Å². The summed E-state index contributed by atoms with van der Waals surface area (Å²) in [6.45, 7) is 0. The number of fused-ring (bicyclic) bond motifs is 1. The molecular weight excluding hydrogens is 156 g/mol. The molecule has 5 heteroatoms. The predicted molar refractivity (Wildman–Crippen MR) is 42.8 cm³/mol. The predicted octanol–water partition coefficient (Wildman–Crippen LogP) is 2.77. The molecule has 0 saturated heterocycles. The normalized spacial score (nSPS) is 9.67. The molecular formula is C7H4N4O. The summed E-state index contributed by atoms with van der Waals surface area (Å²) in [5, 5.41) is 4.15. The number of hydrogen-bond donors (Lipinski definition) is 0. The molecule has 0 spiro atoms. The summed E-state index contributed by atoms with van der Waals surface area (Å²) in [5.74, 6) is 0.351. The minimum Gasteiger partial charge on any atom is -0.464 e. The summed E-state index contributed by atoms with van der Waals surface area (Å²) < 4.78 is 5.08. The van der Waals surface area contributed by atoms with Gasteiger partial charge in [-0.25, -0.2) is 0 Å². The molecule has 2 heterocycles. The van der Waals surface area contributed by atoms with Crippen molar-refractivity contribution in [3.8, 4) is 0 Å². The molecule has 0 aliphatic carbocycles. The Hall–Kier alpha value is -2.00. The van der Waals surface area contributed by atoms with Gasteiger partial charge < -0.3 is 4.42 Å². The zero-order chi connectivity index (χ0) is 8.39. The molecule has 12 heavy (non-hydrogen) atoms. The van der Waals surface area contributed by atoms with Crippen LogP contribution in [0.4, 0.5) is 5.82 Å². The van der Waals surface area contributed by atoms with Crippen LogP contribution in [-0.2, 0) is 0 Å². The van der Waals surface area contributed by atoms with Gasteiger partial charge in [0.15, 0.2) is 0 Å². The Morgan fingerprint density at radius 2 is 2.42 bits per heavy atom. The molecule has 0 bridgehead atoms. The lowest BCUT2D eigenvalue weighted by Crippen LogP contribution is -1.71. The van der Waals surface area contributed by atoms with Crippen LogP contribution in [0.5, 0.6) is 0 Å². The van der Waals surface area contributed by atoms with E-state index in [-0.39, 0.29) is 0 Å². The molecule has 5 nitrogen and oxygen atoms in total. The number of hydrogen-bond acceptors (Lipinski definition) is 3. The number of azide groups is 1. The van der Waals surface area contributed by atoms with E-state index in [0.717, 1.165) is 5.39 Å². The van der Waals surface area contributed by atoms with Crippen molar-refractivity contribution in [3.05, 3.63) is 35.0 Å². The maximum atomic E-state index is 8.20. The number of pyridine rings is 1. The Morgan fingerprint density at radius 1 is 1.50 bits per heavy atom. The number of aromatic nitrogens is 1. The van der Waals surface area contributed by atoms with Crippen LogP contribution in [-0.4, -0.2) is 4.98 Å². The lowest BCUT2D eigenvalue weighted by Gasteiger charge is -1.90. The molecule has 2 aromatic rings. The van der Waals surface area contributed by atoms with E-state index in [1.165, 1.54) is 12.5 Å². The van der Waals surface area contributed by atoms with Crippen LogP contribution >= 0.6 is 0 Å². The average Bonchev–Trinajstić information content (AvgIpc) is 2.53. The monoisotopic (exact) mass is 160 g/mol. The highest BCUT2D eigenvalue weighted by molar-refractivity contribution is 5.86. The lowest BCUT2D eigenvalue weighted by molar-refractivity contribution is 0.615. The molecule has 0 radical (unpaired) electrons. The fourth-order valence-electron chi connectivity index (χ4n) is 1.00. The summed E-state index contributed by atoms with van der Waals surface area (Å²) in [6, 6.07) is 3.43. The molecule has 58 valence electrons. The van der Waals surface area contributed by atoms with E-state index in [9.17, 15) is 0 Å². The van der Waals surface area contributed by atoms with Crippen molar-refractivity contribution in [3.63, 3.8) is 0 Å². The van der Waals surface area contributed by atoms with Gasteiger partial charge in [0.1, 0.15) is 11.4 Å². The summed E-state index contributed by atoms with van der Waals surface area (Å²) in [7, 11) is 0. The molecule has 0 aliphatic heterocycles. The number of furan rings is 1. The van der Waals surface area contributed by atoms with E-state index in [2.05, 4.69) is 15.0 Å². The van der Waals surface area contributed by atoms with Gasteiger partial charge in [-0.1, -0.05) is 0 Å². The summed E-state index contributed by atoms with van der Waals surface area (Å²) in [5.41, 5.74) is 8.88. The van der Waals surface area contributed by atoms with E-state index >= 15 is 0 Å². The molecule has 0 N–H and O–H groups in total. The molecule has 0 saturated carbocycles. The van der Waals surface area contributed by atoms with E-state index in [4.69, 9.17) is 9.95 Å². The maximum absolute atomic E-state index is 8.20. The second-order valence-electron chi connectivity index (χ2n) is 2.16. The van der Waals surface area contributed by atoms with Gasteiger partial charge in [-0.2, -0.15) is 0 Å². The van der Waals surface area contributed by atoms with Crippen LogP contribution in [0.3, 0.4) is 0 Å². The van der Waals surface area contributed by atoms with Crippen LogP contribution in [0, 0.1) is 0 Å². The molecule has 0 aliphatic rings. The Morgan fingerprint density at radius 3 is 3.25 bits per heavy atom. The van der Waals surface area contributed by atoms with Gasteiger partial charge in [-0.3, -0.25) is 4.98 Å². The van der Waals surface area contributed by atoms with E-state index in [0.29, 0.717) is 11.4 Å². The Balaban J connectivity index is 2.81. The fourth-order valence-corrected chi connectivity index (χ4v) is 1.00.